The lowest BCUT2D eigenvalue weighted by molar-refractivity contribution is -0.121. The molecule has 1 aromatic carbocycles. The maximum atomic E-state index is 11.7. The predicted molar refractivity (Wildman–Crippen MR) is 76.3 cm³/mol. The van der Waals surface area contributed by atoms with Crippen molar-refractivity contribution >= 4 is 17.5 Å². The highest BCUT2D eigenvalue weighted by Crippen LogP contribution is 2.26. The van der Waals surface area contributed by atoms with Crippen LogP contribution in [0, 0.1) is 12.8 Å². The normalized spacial score (nSPS) is 21.8. The minimum atomic E-state index is -0.156. The number of amides is 1. The highest BCUT2D eigenvalue weighted by molar-refractivity contribution is 6.31. The van der Waals surface area contributed by atoms with Crippen LogP contribution in [0.15, 0.2) is 18.2 Å². The number of halogens is 1. The molecule has 0 saturated heterocycles. The lowest BCUT2D eigenvalue weighted by atomic mass is 9.82. The second kappa shape index (κ2) is 6.40. The first-order valence-electron chi connectivity index (χ1n) is 6.74. The summed E-state index contributed by atoms with van der Waals surface area (Å²) in [4.78, 5) is 11.7. The van der Waals surface area contributed by atoms with Crippen molar-refractivity contribution in [1.82, 2.24) is 5.32 Å². The van der Waals surface area contributed by atoms with Crippen molar-refractivity contribution in [2.75, 3.05) is 6.54 Å². The van der Waals surface area contributed by atoms with Crippen LogP contribution in [0.4, 0.5) is 0 Å². The zero-order valence-electron chi connectivity index (χ0n) is 11.2. The first kappa shape index (κ1) is 14.4. The van der Waals surface area contributed by atoms with Crippen molar-refractivity contribution in [1.29, 1.82) is 0 Å². The molecule has 0 radical (unpaired) electrons. The average molecular weight is 282 g/mol. The van der Waals surface area contributed by atoms with Crippen LogP contribution in [-0.2, 0) is 11.2 Å². The summed E-state index contributed by atoms with van der Waals surface area (Å²) in [5.41, 5.74) is 2.14. The van der Waals surface area contributed by atoms with E-state index in [1.165, 1.54) is 0 Å². The number of rotatable bonds is 5. The molecule has 0 heterocycles. The van der Waals surface area contributed by atoms with Gasteiger partial charge in [-0.15, -0.1) is 0 Å². The van der Waals surface area contributed by atoms with Crippen molar-refractivity contribution < 1.29 is 9.90 Å². The van der Waals surface area contributed by atoms with Crippen LogP contribution < -0.4 is 5.32 Å². The number of aliphatic hydroxyl groups is 1. The molecular formula is C15H20ClNO2. The van der Waals surface area contributed by atoms with Gasteiger partial charge in [0.2, 0.25) is 5.91 Å². The molecule has 0 bridgehead atoms. The van der Waals surface area contributed by atoms with E-state index >= 15 is 0 Å². The van der Waals surface area contributed by atoms with Crippen LogP contribution in [0.25, 0.3) is 0 Å². The van der Waals surface area contributed by atoms with Gasteiger partial charge >= 0.3 is 0 Å². The Hall–Kier alpha value is -1.06. The van der Waals surface area contributed by atoms with E-state index in [1.54, 1.807) is 0 Å². The smallest absolute Gasteiger partial charge is 0.220 e. The van der Waals surface area contributed by atoms with Crippen molar-refractivity contribution in [2.45, 2.75) is 38.7 Å². The van der Waals surface area contributed by atoms with Gasteiger partial charge in [-0.05, 0) is 49.3 Å². The summed E-state index contributed by atoms with van der Waals surface area (Å²) in [5.74, 6) is 0.519. The predicted octanol–water partition coefficient (Wildman–Crippen LogP) is 2.47. The molecule has 0 atom stereocenters. The van der Waals surface area contributed by atoms with Gasteiger partial charge in [-0.1, -0.05) is 23.7 Å². The molecular weight excluding hydrogens is 262 g/mol. The van der Waals surface area contributed by atoms with E-state index in [9.17, 15) is 4.79 Å². The summed E-state index contributed by atoms with van der Waals surface area (Å²) in [5, 5.41) is 12.8. The van der Waals surface area contributed by atoms with Crippen LogP contribution in [0.5, 0.6) is 0 Å². The van der Waals surface area contributed by atoms with Gasteiger partial charge in [-0.3, -0.25) is 4.79 Å². The molecule has 104 valence electrons. The number of carbonyl (C=O) groups is 1. The summed E-state index contributed by atoms with van der Waals surface area (Å²) < 4.78 is 0. The van der Waals surface area contributed by atoms with Crippen LogP contribution >= 0.6 is 11.6 Å². The van der Waals surface area contributed by atoms with Crippen LogP contribution in [0.3, 0.4) is 0 Å². The number of hydrogen-bond acceptors (Lipinski definition) is 2. The molecule has 1 aliphatic rings. The van der Waals surface area contributed by atoms with Crippen molar-refractivity contribution in [3.8, 4) is 0 Å². The molecule has 0 unspecified atom stereocenters. The average Bonchev–Trinajstić information content (AvgIpc) is 2.34. The minimum Gasteiger partial charge on any atom is -0.393 e. The Morgan fingerprint density at radius 2 is 2.21 bits per heavy atom. The summed E-state index contributed by atoms with van der Waals surface area (Å²) in [6, 6.07) is 5.91. The van der Waals surface area contributed by atoms with Gasteiger partial charge in [0.05, 0.1) is 6.10 Å². The Morgan fingerprint density at radius 1 is 1.47 bits per heavy atom. The largest absolute Gasteiger partial charge is 0.393 e. The first-order chi connectivity index (χ1) is 9.04. The first-order valence-corrected chi connectivity index (χ1v) is 7.12. The van der Waals surface area contributed by atoms with Crippen LogP contribution in [-0.4, -0.2) is 23.7 Å². The fourth-order valence-corrected chi connectivity index (χ4v) is 2.47. The van der Waals surface area contributed by atoms with Crippen LogP contribution in [0.1, 0.15) is 30.4 Å². The van der Waals surface area contributed by atoms with E-state index in [4.69, 9.17) is 16.7 Å². The lowest BCUT2D eigenvalue weighted by Crippen LogP contribution is -2.38. The van der Waals surface area contributed by atoms with Gasteiger partial charge < -0.3 is 10.4 Å². The molecule has 0 aromatic heterocycles. The van der Waals surface area contributed by atoms with E-state index in [0.717, 1.165) is 29.0 Å². The van der Waals surface area contributed by atoms with Crippen molar-refractivity contribution in [2.24, 2.45) is 5.92 Å². The third-order valence-corrected chi connectivity index (χ3v) is 4.08. The van der Waals surface area contributed by atoms with Gasteiger partial charge in [0.25, 0.3) is 0 Å². The van der Waals surface area contributed by atoms with E-state index in [-0.39, 0.29) is 12.0 Å². The minimum absolute atomic E-state index is 0.0677. The molecule has 2 rings (SSSR count). The molecule has 1 fully saturated rings. The summed E-state index contributed by atoms with van der Waals surface area (Å²) in [7, 11) is 0. The van der Waals surface area contributed by atoms with Gasteiger partial charge in [0, 0.05) is 18.0 Å². The van der Waals surface area contributed by atoms with Gasteiger partial charge in [-0.2, -0.15) is 0 Å². The van der Waals surface area contributed by atoms with Gasteiger partial charge in [-0.25, -0.2) is 0 Å². The standard InChI is InChI=1S/C15H20ClNO2/c1-10-2-3-11(8-14(10)16)4-5-15(19)17-9-12-6-13(18)7-12/h2-3,8,12-13,18H,4-7,9H2,1H3,(H,17,19). The lowest BCUT2D eigenvalue weighted by Gasteiger charge is -2.31. The Balaban J connectivity index is 1.69. The van der Waals surface area contributed by atoms with Crippen molar-refractivity contribution in [3.05, 3.63) is 34.3 Å². The maximum Gasteiger partial charge on any atom is 0.220 e. The molecule has 4 heteroatoms. The zero-order chi connectivity index (χ0) is 13.8. The molecule has 3 nitrogen and oxygen atoms in total. The SMILES string of the molecule is Cc1ccc(CCC(=O)NCC2CC(O)C2)cc1Cl. The molecule has 1 aliphatic carbocycles. The molecule has 0 aliphatic heterocycles. The summed E-state index contributed by atoms with van der Waals surface area (Å²) in [6.07, 6.45) is 2.66. The van der Waals surface area contributed by atoms with E-state index in [2.05, 4.69) is 5.32 Å². The third-order valence-electron chi connectivity index (χ3n) is 3.68. The molecule has 0 spiro atoms. The summed E-state index contributed by atoms with van der Waals surface area (Å²) in [6.45, 7) is 2.65. The number of aliphatic hydroxyl groups excluding tert-OH is 1. The number of benzene rings is 1. The Morgan fingerprint density at radius 3 is 2.84 bits per heavy atom. The number of carbonyl (C=O) groups excluding carboxylic acids is 1. The Bertz CT molecular complexity index is 455. The van der Waals surface area contributed by atoms with E-state index in [0.29, 0.717) is 25.3 Å². The molecule has 1 aromatic rings. The Kier molecular flexibility index (Phi) is 4.83. The maximum absolute atomic E-state index is 11.7. The molecule has 1 saturated carbocycles. The molecule has 2 N–H and O–H groups in total. The topological polar surface area (TPSA) is 49.3 Å². The van der Waals surface area contributed by atoms with E-state index < -0.39 is 0 Å². The summed E-state index contributed by atoms with van der Waals surface area (Å²) >= 11 is 6.05. The highest BCUT2D eigenvalue weighted by Gasteiger charge is 2.26. The monoisotopic (exact) mass is 281 g/mol. The van der Waals surface area contributed by atoms with Crippen LogP contribution in [0.2, 0.25) is 5.02 Å². The molecule has 1 amide bonds. The second-order valence-corrected chi connectivity index (χ2v) is 5.79. The number of aryl methyl sites for hydroxylation is 2. The fraction of sp³-hybridized carbons (Fsp3) is 0.533. The zero-order valence-corrected chi connectivity index (χ0v) is 11.9. The molecule has 19 heavy (non-hydrogen) atoms. The number of hydrogen-bond donors (Lipinski definition) is 2. The highest BCUT2D eigenvalue weighted by atomic mass is 35.5. The van der Waals surface area contributed by atoms with Crippen molar-refractivity contribution in [3.63, 3.8) is 0 Å². The second-order valence-electron chi connectivity index (χ2n) is 5.38. The fourth-order valence-electron chi connectivity index (χ4n) is 2.26. The van der Waals surface area contributed by atoms with Gasteiger partial charge in [0.1, 0.15) is 0 Å². The van der Waals surface area contributed by atoms with Gasteiger partial charge in [0.15, 0.2) is 0 Å². The Labute approximate surface area is 119 Å². The quantitative estimate of drug-likeness (QED) is 0.871. The number of nitrogens with one attached hydrogen (secondary N) is 1. The van der Waals surface area contributed by atoms with E-state index in [1.807, 2.05) is 25.1 Å². The third kappa shape index (κ3) is 4.22.